The second-order valence-corrected chi connectivity index (χ2v) is 3.17. The Hall–Kier alpha value is -1.91. The van der Waals surface area contributed by atoms with Crippen molar-refractivity contribution in [2.24, 2.45) is 0 Å². The van der Waals surface area contributed by atoms with E-state index in [2.05, 4.69) is 4.98 Å². The van der Waals surface area contributed by atoms with E-state index in [1.807, 2.05) is 6.92 Å². The average molecular weight is 206 g/mol. The largest absolute Gasteiger partial charge is 0.444 e. The van der Waals surface area contributed by atoms with Crippen molar-refractivity contribution in [2.75, 3.05) is 0 Å². The molecule has 5 nitrogen and oxygen atoms in total. The number of carbonyl (C=O) groups excluding carboxylic acids is 2. The van der Waals surface area contributed by atoms with Crippen molar-refractivity contribution in [1.29, 1.82) is 0 Å². The molecule has 0 aliphatic carbocycles. The Morgan fingerprint density at radius 1 is 1.33 bits per heavy atom. The zero-order valence-corrected chi connectivity index (χ0v) is 8.27. The number of aryl methyl sites for hydroxylation is 1. The van der Waals surface area contributed by atoms with Crippen LogP contribution in [0.5, 0.6) is 0 Å². The Morgan fingerprint density at radius 3 is 2.53 bits per heavy atom. The van der Waals surface area contributed by atoms with Gasteiger partial charge in [0.1, 0.15) is 12.3 Å². The summed E-state index contributed by atoms with van der Waals surface area (Å²) in [5.41, 5.74) is 0. The van der Waals surface area contributed by atoms with Crippen molar-refractivity contribution in [2.45, 2.75) is 19.9 Å². The molecule has 0 atom stereocenters. The fourth-order valence-electron chi connectivity index (χ4n) is 1.31. The van der Waals surface area contributed by atoms with Crippen molar-refractivity contribution < 1.29 is 14.0 Å². The number of hydrogen-bond donors (Lipinski definition) is 0. The molecule has 2 amide bonds. The summed E-state index contributed by atoms with van der Waals surface area (Å²) in [5.74, 6) is 0.488. The van der Waals surface area contributed by atoms with E-state index < -0.39 is 0 Å². The van der Waals surface area contributed by atoms with Crippen LogP contribution < -0.4 is 0 Å². The van der Waals surface area contributed by atoms with Crippen molar-refractivity contribution >= 4 is 11.8 Å². The lowest BCUT2D eigenvalue weighted by molar-refractivity contribution is -0.137. The molecule has 0 spiro atoms. The van der Waals surface area contributed by atoms with E-state index in [0.717, 1.165) is 17.1 Å². The molecule has 78 valence electrons. The number of carbonyl (C=O) groups is 2. The van der Waals surface area contributed by atoms with Gasteiger partial charge >= 0.3 is 0 Å². The molecule has 2 rings (SSSR count). The molecule has 0 saturated carbocycles. The topological polar surface area (TPSA) is 63.4 Å². The number of hydrogen-bond acceptors (Lipinski definition) is 4. The normalized spacial score (nSPS) is 15.4. The van der Waals surface area contributed by atoms with Crippen molar-refractivity contribution in [3.05, 3.63) is 30.0 Å². The van der Waals surface area contributed by atoms with Crippen LogP contribution in [0.3, 0.4) is 0 Å². The maximum atomic E-state index is 11.2. The summed E-state index contributed by atoms with van der Waals surface area (Å²) in [6.07, 6.45) is 4.83. The third kappa shape index (κ3) is 1.81. The standard InChI is InChI=1S/C10H10N2O3/c1-2-7-5-11-8(15-7)6-12-9(13)3-4-10(12)14/h3-5H,2,6H2,1H3. The first-order valence-electron chi connectivity index (χ1n) is 4.68. The first-order chi connectivity index (χ1) is 7.20. The molecule has 1 aliphatic rings. The molecule has 15 heavy (non-hydrogen) atoms. The highest BCUT2D eigenvalue weighted by Gasteiger charge is 2.24. The molecule has 0 saturated heterocycles. The van der Waals surface area contributed by atoms with E-state index in [4.69, 9.17) is 4.42 Å². The van der Waals surface area contributed by atoms with Gasteiger partial charge in [-0.15, -0.1) is 0 Å². The molecule has 0 N–H and O–H groups in total. The molecule has 0 unspecified atom stereocenters. The number of imide groups is 1. The van der Waals surface area contributed by atoms with Crippen LogP contribution in [0.25, 0.3) is 0 Å². The van der Waals surface area contributed by atoms with Crippen LogP contribution in [-0.2, 0) is 22.6 Å². The summed E-state index contributed by atoms with van der Waals surface area (Å²) in [4.78, 5) is 27.5. The van der Waals surface area contributed by atoms with Gasteiger partial charge in [-0.05, 0) is 0 Å². The van der Waals surface area contributed by atoms with Crippen LogP contribution >= 0.6 is 0 Å². The highest BCUT2D eigenvalue weighted by Crippen LogP contribution is 2.11. The summed E-state index contributed by atoms with van der Waals surface area (Å²) >= 11 is 0. The van der Waals surface area contributed by atoms with Gasteiger partial charge in [-0.25, -0.2) is 4.98 Å². The van der Waals surface area contributed by atoms with Crippen LogP contribution in [0.1, 0.15) is 18.6 Å². The molecule has 1 aromatic rings. The predicted molar refractivity (Wildman–Crippen MR) is 50.6 cm³/mol. The summed E-state index contributed by atoms with van der Waals surface area (Å²) in [6.45, 7) is 2.04. The Kier molecular flexibility index (Phi) is 2.37. The highest BCUT2D eigenvalue weighted by molar-refractivity contribution is 6.12. The lowest BCUT2D eigenvalue weighted by Gasteiger charge is -2.10. The van der Waals surface area contributed by atoms with Crippen LogP contribution in [-0.4, -0.2) is 21.7 Å². The molecule has 0 bridgehead atoms. The molecule has 0 aromatic carbocycles. The number of rotatable bonds is 3. The van der Waals surface area contributed by atoms with Gasteiger partial charge in [0.2, 0.25) is 5.89 Å². The fraction of sp³-hybridized carbons (Fsp3) is 0.300. The predicted octanol–water partition coefficient (Wildman–Crippen LogP) is 0.662. The summed E-state index contributed by atoms with van der Waals surface area (Å²) < 4.78 is 5.31. The Bertz CT molecular complexity index is 416. The lowest BCUT2D eigenvalue weighted by atomic mass is 10.4. The van der Waals surface area contributed by atoms with Crippen LogP contribution in [0.4, 0.5) is 0 Å². The lowest BCUT2D eigenvalue weighted by Crippen LogP contribution is -2.29. The zero-order valence-electron chi connectivity index (χ0n) is 8.27. The van der Waals surface area contributed by atoms with Crippen molar-refractivity contribution in [3.63, 3.8) is 0 Å². The minimum atomic E-state index is -0.323. The van der Waals surface area contributed by atoms with Crippen molar-refractivity contribution in [3.8, 4) is 0 Å². The number of oxazole rings is 1. The van der Waals surface area contributed by atoms with Gasteiger partial charge in [0, 0.05) is 18.6 Å². The minimum absolute atomic E-state index is 0.102. The van der Waals surface area contributed by atoms with Gasteiger partial charge < -0.3 is 4.42 Å². The summed E-state index contributed by atoms with van der Waals surface area (Å²) in [7, 11) is 0. The van der Waals surface area contributed by atoms with Gasteiger partial charge in [0.25, 0.3) is 11.8 Å². The molecule has 5 heteroatoms. The monoisotopic (exact) mass is 206 g/mol. The average Bonchev–Trinajstić information content (AvgIpc) is 2.80. The molecule has 1 aromatic heterocycles. The second-order valence-electron chi connectivity index (χ2n) is 3.17. The third-order valence-corrected chi connectivity index (χ3v) is 2.14. The van der Waals surface area contributed by atoms with Crippen molar-refractivity contribution in [1.82, 2.24) is 9.88 Å². The molecule has 0 fully saturated rings. The van der Waals surface area contributed by atoms with E-state index in [1.165, 1.54) is 12.2 Å². The molecule has 0 radical (unpaired) electrons. The van der Waals surface area contributed by atoms with E-state index in [1.54, 1.807) is 6.20 Å². The second kappa shape index (κ2) is 3.68. The SMILES string of the molecule is CCc1cnc(CN2C(=O)C=CC2=O)o1. The maximum absolute atomic E-state index is 11.2. The minimum Gasteiger partial charge on any atom is -0.444 e. The Balaban J connectivity index is 2.09. The maximum Gasteiger partial charge on any atom is 0.254 e. The Labute approximate surface area is 86.4 Å². The van der Waals surface area contributed by atoms with E-state index in [9.17, 15) is 9.59 Å². The molecular weight excluding hydrogens is 196 g/mol. The van der Waals surface area contributed by atoms with Crippen LogP contribution in [0, 0.1) is 0 Å². The zero-order chi connectivity index (χ0) is 10.8. The molecular formula is C10H10N2O3. The fourth-order valence-corrected chi connectivity index (χ4v) is 1.31. The molecule has 2 heterocycles. The first-order valence-corrected chi connectivity index (χ1v) is 4.68. The first kappa shape index (κ1) is 9.64. The van der Waals surface area contributed by atoms with Gasteiger partial charge in [-0.3, -0.25) is 14.5 Å². The Morgan fingerprint density at radius 2 is 2.00 bits per heavy atom. The van der Waals surface area contributed by atoms with Crippen LogP contribution in [0.2, 0.25) is 0 Å². The highest BCUT2D eigenvalue weighted by atomic mass is 16.4. The van der Waals surface area contributed by atoms with E-state index in [-0.39, 0.29) is 18.4 Å². The van der Waals surface area contributed by atoms with E-state index in [0.29, 0.717) is 5.89 Å². The van der Waals surface area contributed by atoms with E-state index >= 15 is 0 Å². The number of aromatic nitrogens is 1. The third-order valence-electron chi connectivity index (χ3n) is 2.14. The number of amides is 2. The smallest absolute Gasteiger partial charge is 0.254 e. The summed E-state index contributed by atoms with van der Waals surface area (Å²) in [6, 6.07) is 0. The number of nitrogens with zero attached hydrogens (tertiary/aromatic N) is 2. The van der Waals surface area contributed by atoms with Gasteiger partial charge in [0.15, 0.2) is 0 Å². The van der Waals surface area contributed by atoms with Crippen LogP contribution in [0.15, 0.2) is 22.8 Å². The van der Waals surface area contributed by atoms with Gasteiger partial charge in [-0.1, -0.05) is 6.92 Å². The molecule has 1 aliphatic heterocycles. The summed E-state index contributed by atoms with van der Waals surface area (Å²) in [5, 5.41) is 0. The quantitative estimate of drug-likeness (QED) is 0.681. The van der Waals surface area contributed by atoms with Gasteiger partial charge in [-0.2, -0.15) is 0 Å². The van der Waals surface area contributed by atoms with Gasteiger partial charge in [0.05, 0.1) is 6.20 Å².